The van der Waals surface area contributed by atoms with Crippen molar-refractivity contribution in [2.24, 2.45) is 0 Å². The van der Waals surface area contributed by atoms with Gasteiger partial charge >= 0.3 is 0 Å². The highest BCUT2D eigenvalue weighted by Crippen LogP contribution is 2.53. The Morgan fingerprint density at radius 1 is 0.378 bits per heavy atom. The first-order valence-electron chi connectivity index (χ1n) is 31.1. The van der Waals surface area contributed by atoms with E-state index in [1.807, 2.05) is 12.1 Å². The highest BCUT2D eigenvalue weighted by atomic mass is 15.2. The van der Waals surface area contributed by atoms with E-state index in [0.29, 0.717) is 5.56 Å². The van der Waals surface area contributed by atoms with E-state index in [4.69, 9.17) is 0 Å². The van der Waals surface area contributed by atoms with E-state index < -0.39 is 6.85 Å². The van der Waals surface area contributed by atoms with Crippen molar-refractivity contribution < 1.29 is 4.11 Å². The number of anilines is 6. The first kappa shape index (κ1) is 49.7. The van der Waals surface area contributed by atoms with E-state index in [9.17, 15) is 4.11 Å². The molecule has 0 radical (unpaired) electrons. The molecule has 2 aliphatic heterocycles. The quantitative estimate of drug-likeness (QED) is 0.133. The zero-order valence-corrected chi connectivity index (χ0v) is 49.7. The largest absolute Gasteiger partial charge is 0.311 e. The minimum absolute atomic E-state index is 0.0971. The van der Waals surface area contributed by atoms with E-state index in [2.05, 4.69) is 298 Å². The predicted octanol–water partition coefficient (Wildman–Crippen LogP) is 19.4. The van der Waals surface area contributed by atoms with Crippen LogP contribution in [-0.4, -0.2) is 6.71 Å². The van der Waals surface area contributed by atoms with E-state index in [1.54, 1.807) is 0 Å². The van der Waals surface area contributed by atoms with Crippen LogP contribution in [0.25, 0.3) is 33.4 Å². The minimum atomic E-state index is -2.44. The molecule has 406 valence electrons. The summed E-state index contributed by atoms with van der Waals surface area (Å²) in [5.74, 6) is 0. The molecule has 0 fully saturated rings. The topological polar surface area (TPSA) is 6.48 Å². The van der Waals surface area contributed by atoms with Crippen LogP contribution in [0, 0.1) is 6.85 Å². The molecule has 0 amide bonds. The van der Waals surface area contributed by atoms with E-state index in [-0.39, 0.29) is 33.8 Å². The predicted molar refractivity (Wildman–Crippen MR) is 353 cm³/mol. The summed E-state index contributed by atoms with van der Waals surface area (Å²) in [7, 11) is 0. The minimum Gasteiger partial charge on any atom is -0.311 e. The van der Waals surface area contributed by atoms with Gasteiger partial charge in [-0.15, -0.1) is 0 Å². The molecular weight excluding hydrogens is 988 g/mol. The molecule has 0 saturated heterocycles. The van der Waals surface area contributed by atoms with Crippen LogP contribution in [0.5, 0.6) is 0 Å². The van der Waals surface area contributed by atoms with Crippen molar-refractivity contribution in [3.05, 3.63) is 269 Å². The van der Waals surface area contributed by atoms with Gasteiger partial charge in [0.15, 0.2) is 0 Å². The van der Waals surface area contributed by atoms with Crippen molar-refractivity contribution in [3.63, 3.8) is 0 Å². The molecule has 0 saturated carbocycles. The third-order valence-corrected chi connectivity index (χ3v) is 19.2. The molecule has 10 aromatic carbocycles. The van der Waals surface area contributed by atoms with Gasteiger partial charge < -0.3 is 9.80 Å². The molecule has 0 unspecified atom stereocenters. The van der Waals surface area contributed by atoms with Gasteiger partial charge in [-0.05, 0) is 191 Å². The Hall–Kier alpha value is -8.14. The lowest BCUT2D eigenvalue weighted by atomic mass is 9.33. The Morgan fingerprint density at radius 2 is 0.829 bits per heavy atom. The van der Waals surface area contributed by atoms with Crippen LogP contribution in [0.2, 0.25) is 0 Å². The number of rotatable bonds is 9. The van der Waals surface area contributed by atoms with Crippen LogP contribution in [0.4, 0.5) is 34.1 Å². The number of benzene rings is 10. The molecule has 13 rings (SSSR count). The van der Waals surface area contributed by atoms with Gasteiger partial charge in [-0.3, -0.25) is 0 Å². The second kappa shape index (κ2) is 19.5. The van der Waals surface area contributed by atoms with Crippen LogP contribution in [0.3, 0.4) is 0 Å². The van der Waals surface area contributed by atoms with Gasteiger partial charge in [0.1, 0.15) is 0 Å². The maximum atomic E-state index is 9.42. The van der Waals surface area contributed by atoms with Crippen molar-refractivity contribution in [1.82, 2.24) is 0 Å². The van der Waals surface area contributed by atoms with Gasteiger partial charge in [0.2, 0.25) is 0 Å². The number of nitrogens with zero attached hydrogens (tertiary/aromatic N) is 2. The average Bonchev–Trinajstić information content (AvgIpc) is 0.744. The third kappa shape index (κ3) is 8.94. The summed E-state index contributed by atoms with van der Waals surface area (Å²) in [6.45, 7) is 23.2. The molecule has 3 heteroatoms. The van der Waals surface area contributed by atoms with Gasteiger partial charge in [-0.25, -0.2) is 0 Å². The fourth-order valence-corrected chi connectivity index (χ4v) is 13.9. The van der Waals surface area contributed by atoms with Gasteiger partial charge in [0, 0.05) is 48.9 Å². The highest BCUT2D eigenvalue weighted by Gasteiger charge is 2.47. The molecule has 0 N–H and O–H groups in total. The summed E-state index contributed by atoms with van der Waals surface area (Å²) >= 11 is 0. The monoisotopic (exact) mass is 1070 g/mol. The Balaban J connectivity index is 1.15. The molecular formula is C79H77BN2. The van der Waals surface area contributed by atoms with Gasteiger partial charge in [0.25, 0.3) is 6.71 Å². The summed E-state index contributed by atoms with van der Waals surface area (Å²) in [5.41, 5.74) is 24.2. The Bertz CT molecular complexity index is 4130. The van der Waals surface area contributed by atoms with Crippen molar-refractivity contribution >= 4 is 57.2 Å². The summed E-state index contributed by atoms with van der Waals surface area (Å²) in [6, 6.07) is 82.5. The Morgan fingerprint density at radius 3 is 1.38 bits per heavy atom. The van der Waals surface area contributed by atoms with Crippen molar-refractivity contribution in [2.75, 3.05) is 9.80 Å². The van der Waals surface area contributed by atoms with Gasteiger partial charge in [0.05, 0.1) is 5.69 Å². The van der Waals surface area contributed by atoms with Gasteiger partial charge in [-0.2, -0.15) is 0 Å². The molecule has 3 aliphatic rings. The summed E-state index contributed by atoms with van der Waals surface area (Å²) in [4.78, 5) is 4.87. The smallest absolute Gasteiger partial charge is 0.252 e. The standard InChI is InChI=1S/C79H77BN2/c1-52-43-72-74-73(44-52)82(69-39-35-61(75(2,3)4)48-64(69)57-46-55(53-25-17-13-18-26-53)45-56(47-57)54-27-19-14-20-28-54)71-51-66-65(76(5,6)41-42-77(66,7)8)50-68(71)80(74)67-49-62(79(11,12)59-31-23-16-24-32-59)36-40-70(67)81(72)63-37-33-60(34-38-63)78(9,10)58-29-21-15-22-30-58/h13-40,43-51H,41-42H2,1-12H3/i1D3. The molecule has 10 aromatic rings. The lowest BCUT2D eigenvalue weighted by Gasteiger charge is -2.48. The van der Waals surface area contributed by atoms with Crippen LogP contribution in [0.1, 0.15) is 138 Å². The summed E-state index contributed by atoms with van der Waals surface area (Å²) in [6.07, 6.45) is 2.12. The maximum absolute atomic E-state index is 9.42. The normalized spacial score (nSPS) is 15.8. The van der Waals surface area contributed by atoms with Crippen LogP contribution >= 0.6 is 0 Å². The fourth-order valence-electron chi connectivity index (χ4n) is 13.9. The van der Waals surface area contributed by atoms with Crippen molar-refractivity contribution in [3.8, 4) is 33.4 Å². The second-order valence-corrected chi connectivity index (χ2v) is 27.1. The van der Waals surface area contributed by atoms with E-state index in [0.717, 1.165) is 85.8 Å². The maximum Gasteiger partial charge on any atom is 0.252 e. The first-order valence-corrected chi connectivity index (χ1v) is 29.6. The molecule has 2 heterocycles. The Labute approximate surface area is 493 Å². The SMILES string of the molecule is [2H]C([2H])([2H])c1cc2c3c(c1)N(c1ccc(C(C)(C)C)cc1-c1cc(-c4ccccc4)cc(-c4ccccc4)c1)c1cc4c(cc1B3c1cc(C(C)(C)c3ccccc3)ccc1N2c1ccc(C(C)(C)c2ccccc2)cc1)C(C)(C)CCC4(C)C. The Kier molecular flexibility index (Phi) is 11.8. The highest BCUT2D eigenvalue weighted by molar-refractivity contribution is 7.00. The second-order valence-electron chi connectivity index (χ2n) is 27.1. The van der Waals surface area contributed by atoms with Gasteiger partial charge in [-0.1, -0.05) is 234 Å². The zero-order valence-electron chi connectivity index (χ0n) is 52.7. The lowest BCUT2D eigenvalue weighted by molar-refractivity contribution is 0.332. The number of fused-ring (bicyclic) bond motifs is 5. The number of aryl methyl sites for hydroxylation is 1. The summed E-state index contributed by atoms with van der Waals surface area (Å²) < 4.78 is 28.3. The first-order chi connectivity index (χ1) is 40.4. The molecule has 0 spiro atoms. The van der Waals surface area contributed by atoms with Crippen LogP contribution < -0.4 is 26.2 Å². The van der Waals surface area contributed by atoms with Crippen LogP contribution in [0.15, 0.2) is 224 Å². The molecule has 82 heavy (non-hydrogen) atoms. The molecule has 0 bridgehead atoms. The summed E-state index contributed by atoms with van der Waals surface area (Å²) in [5, 5.41) is 0. The van der Waals surface area contributed by atoms with Crippen LogP contribution in [-0.2, 0) is 27.1 Å². The van der Waals surface area contributed by atoms with Crippen molar-refractivity contribution in [2.45, 2.75) is 123 Å². The average molecular weight is 1070 g/mol. The number of hydrogen-bond acceptors (Lipinski definition) is 2. The lowest BCUT2D eigenvalue weighted by Crippen LogP contribution is -2.62. The fraction of sp³-hybridized carbons (Fsp3) is 0.241. The number of hydrogen-bond donors (Lipinski definition) is 0. The molecule has 0 aromatic heterocycles. The van der Waals surface area contributed by atoms with E-state index in [1.165, 1.54) is 49.9 Å². The molecule has 1 aliphatic carbocycles. The molecule has 0 atom stereocenters. The van der Waals surface area contributed by atoms with Crippen molar-refractivity contribution in [1.29, 1.82) is 0 Å². The zero-order chi connectivity index (χ0) is 59.6. The van der Waals surface area contributed by atoms with E-state index >= 15 is 0 Å². The molecule has 2 nitrogen and oxygen atoms in total. The third-order valence-electron chi connectivity index (χ3n) is 19.2.